The van der Waals surface area contributed by atoms with Crippen LogP contribution in [0, 0.1) is 0 Å². The zero-order chi connectivity index (χ0) is 21.4. The van der Waals surface area contributed by atoms with E-state index >= 15 is 0 Å². The third-order valence-corrected chi connectivity index (χ3v) is 6.37. The molecule has 0 aromatic heterocycles. The van der Waals surface area contributed by atoms with Crippen molar-refractivity contribution in [1.82, 2.24) is 24.5 Å². The molecule has 3 amide bonds. The van der Waals surface area contributed by atoms with Gasteiger partial charge in [0.25, 0.3) is 5.91 Å². The van der Waals surface area contributed by atoms with Crippen LogP contribution >= 0.6 is 0 Å². The third kappa shape index (κ3) is 3.81. The van der Waals surface area contributed by atoms with Crippen LogP contribution in [0.25, 0.3) is 0 Å². The molecule has 8 heteroatoms. The van der Waals surface area contributed by atoms with E-state index in [1.165, 1.54) is 10.5 Å². The van der Waals surface area contributed by atoms with Gasteiger partial charge in [0, 0.05) is 52.9 Å². The van der Waals surface area contributed by atoms with Gasteiger partial charge in [0.1, 0.15) is 5.84 Å². The molecule has 2 atom stereocenters. The number of benzene rings is 1. The Morgan fingerprint density at radius 3 is 2.17 bits per heavy atom. The first-order valence-corrected chi connectivity index (χ1v) is 10.7. The molecule has 1 aromatic carbocycles. The summed E-state index contributed by atoms with van der Waals surface area (Å²) in [6.45, 7) is 9.81. The van der Waals surface area contributed by atoms with Crippen molar-refractivity contribution < 1.29 is 9.59 Å². The Bertz CT molecular complexity index is 818. The van der Waals surface area contributed by atoms with E-state index in [-0.39, 0.29) is 18.0 Å². The lowest BCUT2D eigenvalue weighted by atomic mass is 10.1. The van der Waals surface area contributed by atoms with Crippen LogP contribution in [0.5, 0.6) is 0 Å². The fraction of sp³-hybridized carbons (Fsp3) is 0.591. The fourth-order valence-corrected chi connectivity index (χ4v) is 4.67. The second-order valence-corrected chi connectivity index (χ2v) is 8.73. The summed E-state index contributed by atoms with van der Waals surface area (Å²) < 4.78 is 0. The summed E-state index contributed by atoms with van der Waals surface area (Å²) in [4.78, 5) is 39.9. The largest absolute Gasteiger partial charge is 0.341 e. The van der Waals surface area contributed by atoms with Crippen LogP contribution in [-0.4, -0.2) is 107 Å². The molecule has 0 radical (unpaired) electrons. The molecule has 2 fully saturated rings. The van der Waals surface area contributed by atoms with Crippen LogP contribution < -0.4 is 0 Å². The van der Waals surface area contributed by atoms with E-state index in [1.807, 2.05) is 0 Å². The SMILES string of the molecule is CC(C)N1C(CN2CCN(Cc3ccccc3)CC2)=NC2C1C(=O)N(C)C(=O)N2C. The van der Waals surface area contributed by atoms with Crippen molar-refractivity contribution >= 4 is 17.8 Å². The zero-order valence-electron chi connectivity index (χ0n) is 18.4. The third-order valence-electron chi connectivity index (χ3n) is 6.37. The fourth-order valence-electron chi connectivity index (χ4n) is 4.67. The van der Waals surface area contributed by atoms with E-state index in [4.69, 9.17) is 4.99 Å². The Kier molecular flexibility index (Phi) is 5.79. The Hall–Kier alpha value is -2.45. The number of fused-ring (bicyclic) bond motifs is 1. The lowest BCUT2D eigenvalue weighted by molar-refractivity contribution is -0.136. The minimum absolute atomic E-state index is 0.136. The molecular formula is C22H32N6O2. The molecule has 3 aliphatic rings. The van der Waals surface area contributed by atoms with E-state index in [2.05, 4.69) is 58.9 Å². The lowest BCUT2D eigenvalue weighted by Gasteiger charge is -2.42. The molecule has 0 spiro atoms. The van der Waals surface area contributed by atoms with Gasteiger partial charge in [0.2, 0.25) is 0 Å². The van der Waals surface area contributed by atoms with Crippen molar-refractivity contribution in [2.45, 2.75) is 38.6 Å². The molecule has 2 saturated heterocycles. The van der Waals surface area contributed by atoms with Crippen LogP contribution in [0.15, 0.2) is 35.3 Å². The summed E-state index contributed by atoms with van der Waals surface area (Å²) in [5, 5.41) is 0. The highest BCUT2D eigenvalue weighted by molar-refractivity contribution is 6.04. The molecule has 2 unspecified atom stereocenters. The maximum Gasteiger partial charge on any atom is 0.328 e. The number of amidine groups is 1. The molecule has 3 aliphatic heterocycles. The Labute approximate surface area is 178 Å². The van der Waals surface area contributed by atoms with E-state index < -0.39 is 12.2 Å². The van der Waals surface area contributed by atoms with Crippen LogP contribution in [0.3, 0.4) is 0 Å². The van der Waals surface area contributed by atoms with Crippen molar-refractivity contribution in [2.75, 3.05) is 46.8 Å². The normalized spacial score (nSPS) is 25.9. The summed E-state index contributed by atoms with van der Waals surface area (Å²) in [5.41, 5.74) is 1.34. The maximum atomic E-state index is 12.9. The van der Waals surface area contributed by atoms with Gasteiger partial charge in [-0.2, -0.15) is 0 Å². The van der Waals surface area contributed by atoms with Crippen molar-refractivity contribution in [3.8, 4) is 0 Å². The number of aliphatic imine (C=N–C) groups is 1. The molecule has 4 rings (SSSR count). The minimum atomic E-state index is -0.432. The smallest absolute Gasteiger partial charge is 0.328 e. The van der Waals surface area contributed by atoms with Crippen LogP contribution in [0.2, 0.25) is 0 Å². The molecule has 0 saturated carbocycles. The zero-order valence-corrected chi connectivity index (χ0v) is 18.4. The number of rotatable bonds is 5. The topological polar surface area (TPSA) is 62.7 Å². The number of imide groups is 1. The summed E-state index contributed by atoms with van der Waals surface area (Å²) >= 11 is 0. The highest BCUT2D eigenvalue weighted by Crippen LogP contribution is 2.29. The highest BCUT2D eigenvalue weighted by atomic mass is 16.2. The average Bonchev–Trinajstić information content (AvgIpc) is 3.12. The van der Waals surface area contributed by atoms with E-state index in [9.17, 15) is 9.59 Å². The van der Waals surface area contributed by atoms with Crippen molar-refractivity contribution in [1.29, 1.82) is 0 Å². The summed E-state index contributed by atoms with van der Waals surface area (Å²) in [6.07, 6.45) is -0.432. The van der Waals surface area contributed by atoms with Gasteiger partial charge in [0.05, 0.1) is 6.54 Å². The molecule has 0 aliphatic carbocycles. The van der Waals surface area contributed by atoms with Gasteiger partial charge in [-0.25, -0.2) is 9.79 Å². The van der Waals surface area contributed by atoms with Crippen LogP contribution in [-0.2, 0) is 11.3 Å². The quantitative estimate of drug-likeness (QED) is 0.726. The Morgan fingerprint density at radius 2 is 1.57 bits per heavy atom. The summed E-state index contributed by atoms with van der Waals surface area (Å²) in [7, 11) is 3.29. The number of hydrogen-bond donors (Lipinski definition) is 0. The van der Waals surface area contributed by atoms with Gasteiger partial charge in [0.15, 0.2) is 12.2 Å². The van der Waals surface area contributed by atoms with Crippen molar-refractivity contribution in [3.63, 3.8) is 0 Å². The number of nitrogens with zero attached hydrogens (tertiary/aromatic N) is 6. The number of hydrogen-bond acceptors (Lipinski definition) is 6. The van der Waals surface area contributed by atoms with Crippen LogP contribution in [0.1, 0.15) is 19.4 Å². The second-order valence-electron chi connectivity index (χ2n) is 8.73. The van der Waals surface area contributed by atoms with Gasteiger partial charge in [-0.15, -0.1) is 0 Å². The molecule has 0 bridgehead atoms. The van der Waals surface area contributed by atoms with Crippen molar-refractivity contribution in [2.24, 2.45) is 4.99 Å². The number of urea groups is 1. The van der Waals surface area contributed by atoms with E-state index in [0.29, 0.717) is 6.54 Å². The van der Waals surface area contributed by atoms with E-state index in [0.717, 1.165) is 38.6 Å². The van der Waals surface area contributed by atoms with Crippen LogP contribution in [0.4, 0.5) is 4.79 Å². The molecule has 1 aromatic rings. The first kappa shape index (κ1) is 20.8. The summed E-state index contributed by atoms with van der Waals surface area (Å²) in [6, 6.07) is 10.00. The first-order valence-electron chi connectivity index (χ1n) is 10.7. The molecule has 30 heavy (non-hydrogen) atoms. The van der Waals surface area contributed by atoms with Gasteiger partial charge in [-0.3, -0.25) is 19.5 Å². The standard InChI is InChI=1S/C22H32N6O2/c1-16(2)28-18(23-20-19(28)21(29)25(4)22(30)24(20)3)15-27-12-10-26(11-13-27)14-17-8-6-5-7-9-17/h5-9,16,19-20H,10-15H2,1-4H3. The molecule has 0 N–H and O–H groups in total. The van der Waals surface area contributed by atoms with E-state index in [1.54, 1.807) is 19.0 Å². The first-order chi connectivity index (χ1) is 14.4. The number of carbonyl (C=O) groups is 2. The molecular weight excluding hydrogens is 380 g/mol. The van der Waals surface area contributed by atoms with Gasteiger partial charge in [-0.1, -0.05) is 30.3 Å². The van der Waals surface area contributed by atoms with Gasteiger partial charge >= 0.3 is 6.03 Å². The monoisotopic (exact) mass is 412 g/mol. The Morgan fingerprint density at radius 1 is 0.967 bits per heavy atom. The molecule has 3 heterocycles. The van der Waals surface area contributed by atoms with Crippen molar-refractivity contribution in [3.05, 3.63) is 35.9 Å². The number of amides is 3. The molecule has 162 valence electrons. The lowest BCUT2D eigenvalue weighted by Crippen LogP contribution is -2.65. The predicted molar refractivity (Wildman–Crippen MR) is 116 cm³/mol. The number of piperazine rings is 1. The maximum absolute atomic E-state index is 12.9. The number of carbonyl (C=O) groups excluding carboxylic acids is 2. The van der Waals surface area contributed by atoms with Gasteiger partial charge < -0.3 is 9.80 Å². The minimum Gasteiger partial charge on any atom is -0.341 e. The predicted octanol–water partition coefficient (Wildman–Crippen LogP) is 1.15. The molecule has 8 nitrogen and oxygen atoms in total. The van der Waals surface area contributed by atoms with Gasteiger partial charge in [-0.05, 0) is 19.4 Å². The average molecular weight is 413 g/mol. The number of likely N-dealkylation sites (N-methyl/N-ethyl adjacent to an activating group) is 2. The highest BCUT2D eigenvalue weighted by Gasteiger charge is 2.51. The summed E-state index contributed by atoms with van der Waals surface area (Å²) in [5.74, 6) is 0.753. The second kappa shape index (κ2) is 8.35. The Balaban J connectivity index is 1.41.